The fourth-order valence-corrected chi connectivity index (χ4v) is 1.44. The van der Waals surface area contributed by atoms with E-state index in [0.717, 1.165) is 11.1 Å². The summed E-state index contributed by atoms with van der Waals surface area (Å²) in [5.41, 5.74) is 1.68. The highest BCUT2D eigenvalue weighted by molar-refractivity contribution is 5.61. The molecule has 1 aromatic carbocycles. The van der Waals surface area contributed by atoms with Crippen molar-refractivity contribution in [2.75, 3.05) is 11.9 Å². The van der Waals surface area contributed by atoms with Gasteiger partial charge in [-0.3, -0.25) is 0 Å². The lowest BCUT2D eigenvalue weighted by Gasteiger charge is -2.04. The van der Waals surface area contributed by atoms with Crippen molar-refractivity contribution in [3.63, 3.8) is 0 Å². The average molecular weight is 242 g/mol. The summed E-state index contributed by atoms with van der Waals surface area (Å²) in [7, 11) is 0. The summed E-state index contributed by atoms with van der Waals surface area (Å²) in [6.07, 6.45) is 3.73. The summed E-state index contributed by atoms with van der Waals surface area (Å²) >= 11 is 0. The Bertz CT molecular complexity index is 543. The topological polar surface area (TPSA) is 61.6 Å². The standard InChI is InChI=1S/C13H11FN4/c14-12-4-2-10(3-5-12)11-8-17-13(18-9-11)16-7-1-6-15/h2-5,8-9H,1,7H2,(H,16,17,18). The SMILES string of the molecule is N#CCCNc1ncc(-c2ccc(F)cc2)cn1. The smallest absolute Gasteiger partial charge is 0.222 e. The van der Waals surface area contributed by atoms with Crippen molar-refractivity contribution in [3.05, 3.63) is 42.5 Å². The van der Waals surface area contributed by atoms with Crippen LogP contribution in [0.3, 0.4) is 0 Å². The molecule has 2 rings (SSSR count). The van der Waals surface area contributed by atoms with E-state index in [1.807, 2.05) is 6.07 Å². The van der Waals surface area contributed by atoms with E-state index in [9.17, 15) is 4.39 Å². The number of halogens is 1. The Morgan fingerprint density at radius 1 is 1.11 bits per heavy atom. The number of hydrogen-bond acceptors (Lipinski definition) is 4. The Morgan fingerprint density at radius 3 is 2.39 bits per heavy atom. The van der Waals surface area contributed by atoms with E-state index in [2.05, 4.69) is 15.3 Å². The Morgan fingerprint density at radius 2 is 1.78 bits per heavy atom. The van der Waals surface area contributed by atoms with Crippen molar-refractivity contribution >= 4 is 5.95 Å². The molecule has 0 radical (unpaired) electrons. The first-order valence-corrected chi connectivity index (χ1v) is 5.48. The number of anilines is 1. The molecule has 0 aliphatic carbocycles. The summed E-state index contributed by atoms with van der Waals surface area (Å²) in [6.45, 7) is 0.520. The van der Waals surface area contributed by atoms with Gasteiger partial charge in [0.05, 0.1) is 12.5 Å². The van der Waals surface area contributed by atoms with Gasteiger partial charge in [0.2, 0.25) is 5.95 Å². The van der Waals surface area contributed by atoms with Crippen molar-refractivity contribution < 1.29 is 4.39 Å². The van der Waals surface area contributed by atoms with Crippen LogP contribution < -0.4 is 5.32 Å². The molecule has 90 valence electrons. The van der Waals surface area contributed by atoms with Gasteiger partial charge in [-0.1, -0.05) is 12.1 Å². The third-order valence-electron chi connectivity index (χ3n) is 2.35. The Hall–Kier alpha value is -2.48. The van der Waals surface area contributed by atoms with Crippen LogP contribution in [-0.2, 0) is 0 Å². The molecule has 0 bridgehead atoms. The maximum atomic E-state index is 12.8. The van der Waals surface area contributed by atoms with Gasteiger partial charge in [0.1, 0.15) is 5.82 Å². The van der Waals surface area contributed by atoms with Gasteiger partial charge in [-0.15, -0.1) is 0 Å². The van der Waals surface area contributed by atoms with E-state index in [1.165, 1.54) is 12.1 Å². The molecule has 0 amide bonds. The highest BCUT2D eigenvalue weighted by Crippen LogP contribution is 2.18. The molecular formula is C13H11FN4. The maximum absolute atomic E-state index is 12.8. The molecule has 5 heteroatoms. The first-order chi connectivity index (χ1) is 8.79. The van der Waals surface area contributed by atoms with E-state index in [1.54, 1.807) is 24.5 Å². The number of rotatable bonds is 4. The predicted molar refractivity (Wildman–Crippen MR) is 66.1 cm³/mol. The number of nitriles is 1. The monoisotopic (exact) mass is 242 g/mol. The summed E-state index contributed by atoms with van der Waals surface area (Å²) in [4.78, 5) is 8.25. The van der Waals surface area contributed by atoms with Gasteiger partial charge >= 0.3 is 0 Å². The van der Waals surface area contributed by atoms with Crippen LogP contribution in [0.5, 0.6) is 0 Å². The molecule has 0 unspecified atom stereocenters. The number of aromatic nitrogens is 2. The van der Waals surface area contributed by atoms with E-state index in [-0.39, 0.29) is 5.82 Å². The van der Waals surface area contributed by atoms with E-state index < -0.39 is 0 Å². The van der Waals surface area contributed by atoms with Crippen LogP contribution >= 0.6 is 0 Å². The molecule has 1 heterocycles. The third-order valence-corrected chi connectivity index (χ3v) is 2.35. The van der Waals surface area contributed by atoms with Gasteiger partial charge < -0.3 is 5.32 Å². The fraction of sp³-hybridized carbons (Fsp3) is 0.154. The zero-order valence-corrected chi connectivity index (χ0v) is 9.60. The van der Waals surface area contributed by atoms with Crippen LogP contribution in [0.4, 0.5) is 10.3 Å². The van der Waals surface area contributed by atoms with Crippen LogP contribution in [-0.4, -0.2) is 16.5 Å². The Kier molecular flexibility index (Phi) is 3.82. The van der Waals surface area contributed by atoms with Crippen LogP contribution in [0.2, 0.25) is 0 Å². The van der Waals surface area contributed by atoms with Crippen molar-refractivity contribution in [1.29, 1.82) is 5.26 Å². The van der Waals surface area contributed by atoms with Crippen molar-refractivity contribution in [3.8, 4) is 17.2 Å². The molecule has 0 saturated carbocycles. The zero-order chi connectivity index (χ0) is 12.8. The molecule has 0 aliphatic heterocycles. The second-order valence-corrected chi connectivity index (χ2v) is 3.64. The molecule has 2 aromatic rings. The maximum Gasteiger partial charge on any atom is 0.222 e. The highest BCUT2D eigenvalue weighted by atomic mass is 19.1. The first kappa shape index (κ1) is 12.0. The molecule has 18 heavy (non-hydrogen) atoms. The van der Waals surface area contributed by atoms with Gasteiger partial charge in [0.15, 0.2) is 0 Å². The van der Waals surface area contributed by atoms with Gasteiger partial charge in [0, 0.05) is 24.5 Å². The molecule has 0 atom stereocenters. The minimum atomic E-state index is -0.269. The van der Waals surface area contributed by atoms with Gasteiger partial charge in [-0.05, 0) is 17.7 Å². The largest absolute Gasteiger partial charge is 0.353 e. The third kappa shape index (κ3) is 3.01. The lowest BCUT2D eigenvalue weighted by atomic mass is 10.1. The number of nitrogens with zero attached hydrogens (tertiary/aromatic N) is 3. The molecule has 1 aromatic heterocycles. The second-order valence-electron chi connectivity index (χ2n) is 3.64. The molecule has 0 saturated heterocycles. The summed E-state index contributed by atoms with van der Waals surface area (Å²) in [6, 6.07) is 8.18. The summed E-state index contributed by atoms with van der Waals surface area (Å²) in [5.74, 6) is 0.213. The number of benzene rings is 1. The average Bonchev–Trinajstić information content (AvgIpc) is 2.41. The molecule has 1 N–H and O–H groups in total. The minimum absolute atomic E-state index is 0.269. The van der Waals surface area contributed by atoms with E-state index >= 15 is 0 Å². The van der Waals surface area contributed by atoms with E-state index in [0.29, 0.717) is 18.9 Å². The summed E-state index contributed by atoms with van der Waals surface area (Å²) < 4.78 is 12.8. The van der Waals surface area contributed by atoms with Crippen molar-refractivity contribution in [2.24, 2.45) is 0 Å². The van der Waals surface area contributed by atoms with Gasteiger partial charge in [-0.25, -0.2) is 14.4 Å². The molecule has 0 fully saturated rings. The highest BCUT2D eigenvalue weighted by Gasteiger charge is 2.00. The zero-order valence-electron chi connectivity index (χ0n) is 9.60. The van der Waals surface area contributed by atoms with Gasteiger partial charge in [-0.2, -0.15) is 5.26 Å². The second kappa shape index (κ2) is 5.73. The number of hydrogen-bond donors (Lipinski definition) is 1. The lowest BCUT2D eigenvalue weighted by molar-refractivity contribution is 0.628. The predicted octanol–water partition coefficient (Wildman–Crippen LogP) is 2.61. The molecular weight excluding hydrogens is 231 g/mol. The van der Waals surface area contributed by atoms with Crippen LogP contribution in [0.1, 0.15) is 6.42 Å². The van der Waals surface area contributed by atoms with Crippen LogP contribution in [0.25, 0.3) is 11.1 Å². The number of nitrogens with one attached hydrogen (secondary N) is 1. The lowest BCUT2D eigenvalue weighted by Crippen LogP contribution is -2.04. The van der Waals surface area contributed by atoms with Gasteiger partial charge in [0.25, 0.3) is 0 Å². The van der Waals surface area contributed by atoms with Crippen molar-refractivity contribution in [1.82, 2.24) is 9.97 Å². The first-order valence-electron chi connectivity index (χ1n) is 5.48. The van der Waals surface area contributed by atoms with E-state index in [4.69, 9.17) is 5.26 Å². The summed E-state index contributed by atoms with van der Waals surface area (Å²) in [5, 5.41) is 11.3. The molecule has 0 aliphatic rings. The van der Waals surface area contributed by atoms with Crippen LogP contribution in [0.15, 0.2) is 36.7 Å². The Labute approximate surface area is 104 Å². The van der Waals surface area contributed by atoms with Crippen LogP contribution in [0, 0.1) is 17.1 Å². The normalized spacial score (nSPS) is 9.78. The molecule has 0 spiro atoms. The Balaban J connectivity index is 2.08. The quantitative estimate of drug-likeness (QED) is 0.837. The minimum Gasteiger partial charge on any atom is -0.353 e. The fourth-order valence-electron chi connectivity index (χ4n) is 1.44. The van der Waals surface area contributed by atoms with Crippen molar-refractivity contribution in [2.45, 2.75) is 6.42 Å². The molecule has 4 nitrogen and oxygen atoms in total.